The van der Waals surface area contributed by atoms with Gasteiger partial charge >= 0.3 is 0 Å². The SMILES string of the molecule is COc1ccccc1[C@H](NC(=O)[C@@H]1CCCO1)c1nccn1C. The maximum atomic E-state index is 12.5. The summed E-state index contributed by atoms with van der Waals surface area (Å²) in [5.41, 5.74) is 0.871. The van der Waals surface area contributed by atoms with Crippen LogP contribution in [0, 0.1) is 0 Å². The van der Waals surface area contributed by atoms with Crippen molar-refractivity contribution in [1.82, 2.24) is 14.9 Å². The van der Waals surface area contributed by atoms with Gasteiger partial charge in [0.1, 0.15) is 23.7 Å². The number of benzene rings is 1. The molecule has 0 aliphatic carbocycles. The van der Waals surface area contributed by atoms with Crippen molar-refractivity contribution in [2.75, 3.05) is 13.7 Å². The maximum absolute atomic E-state index is 12.5. The number of aromatic nitrogens is 2. The molecule has 0 unspecified atom stereocenters. The van der Waals surface area contributed by atoms with Crippen LogP contribution in [0.3, 0.4) is 0 Å². The van der Waals surface area contributed by atoms with Gasteiger partial charge in [0.15, 0.2) is 0 Å². The van der Waals surface area contributed by atoms with E-state index in [1.807, 2.05) is 42.1 Å². The Balaban J connectivity index is 1.94. The number of carbonyl (C=O) groups is 1. The summed E-state index contributed by atoms with van der Waals surface area (Å²) in [5.74, 6) is 1.36. The van der Waals surface area contributed by atoms with E-state index in [1.165, 1.54) is 0 Å². The molecule has 1 fully saturated rings. The van der Waals surface area contributed by atoms with Gasteiger partial charge in [-0.15, -0.1) is 0 Å². The second-order valence-corrected chi connectivity index (χ2v) is 5.58. The molecule has 1 aromatic heterocycles. The number of aryl methyl sites for hydroxylation is 1. The summed E-state index contributed by atoms with van der Waals surface area (Å²) in [6.07, 6.45) is 4.86. The predicted octanol–water partition coefficient (Wildman–Crippen LogP) is 1.81. The third kappa shape index (κ3) is 3.22. The summed E-state index contributed by atoms with van der Waals surface area (Å²) in [6, 6.07) is 7.26. The Kier molecular flexibility index (Phi) is 4.62. The molecular formula is C17H21N3O3. The third-order valence-corrected chi connectivity index (χ3v) is 4.08. The number of methoxy groups -OCH3 is 1. The van der Waals surface area contributed by atoms with Gasteiger partial charge in [-0.05, 0) is 18.9 Å². The molecule has 1 N–H and O–H groups in total. The van der Waals surface area contributed by atoms with Gasteiger partial charge < -0.3 is 19.4 Å². The first-order valence-corrected chi connectivity index (χ1v) is 7.73. The van der Waals surface area contributed by atoms with Gasteiger partial charge in [0.05, 0.1) is 7.11 Å². The van der Waals surface area contributed by atoms with E-state index in [0.717, 1.165) is 24.2 Å². The lowest BCUT2D eigenvalue weighted by atomic mass is 10.0. The predicted molar refractivity (Wildman–Crippen MR) is 85.2 cm³/mol. The standard InChI is InChI=1S/C17H21N3O3/c1-20-10-9-18-16(20)15(12-6-3-4-7-13(12)22-2)19-17(21)14-8-5-11-23-14/h3-4,6-7,9-10,14-15H,5,8,11H2,1-2H3,(H,19,21)/t14-,15-/m0/s1. The molecule has 2 aromatic rings. The summed E-state index contributed by atoms with van der Waals surface area (Å²) in [7, 11) is 3.53. The highest BCUT2D eigenvalue weighted by atomic mass is 16.5. The first-order chi connectivity index (χ1) is 11.2. The van der Waals surface area contributed by atoms with Crippen LogP contribution in [0.5, 0.6) is 5.75 Å². The summed E-state index contributed by atoms with van der Waals surface area (Å²) in [4.78, 5) is 16.9. The van der Waals surface area contributed by atoms with Gasteiger partial charge in [0, 0.05) is 31.6 Å². The molecule has 0 spiro atoms. The normalized spacial score (nSPS) is 18.6. The largest absolute Gasteiger partial charge is 0.496 e. The lowest BCUT2D eigenvalue weighted by Gasteiger charge is -2.22. The van der Waals surface area contributed by atoms with Crippen LogP contribution in [0.2, 0.25) is 0 Å². The van der Waals surface area contributed by atoms with Crippen LogP contribution < -0.4 is 10.1 Å². The lowest BCUT2D eigenvalue weighted by molar-refractivity contribution is -0.130. The molecule has 122 valence electrons. The third-order valence-electron chi connectivity index (χ3n) is 4.08. The Morgan fingerprint density at radius 2 is 2.30 bits per heavy atom. The molecule has 2 atom stereocenters. The average Bonchev–Trinajstić information content (AvgIpc) is 3.24. The molecule has 0 saturated carbocycles. The van der Waals surface area contributed by atoms with E-state index in [4.69, 9.17) is 9.47 Å². The number of ether oxygens (including phenoxy) is 2. The topological polar surface area (TPSA) is 65.4 Å². The minimum absolute atomic E-state index is 0.110. The molecule has 6 heteroatoms. The highest BCUT2D eigenvalue weighted by Crippen LogP contribution is 2.29. The van der Waals surface area contributed by atoms with Gasteiger partial charge in [0.2, 0.25) is 5.91 Å². The first kappa shape index (κ1) is 15.6. The molecule has 3 rings (SSSR count). The van der Waals surface area contributed by atoms with Crippen molar-refractivity contribution >= 4 is 5.91 Å². The van der Waals surface area contributed by atoms with Crippen LogP contribution in [0.4, 0.5) is 0 Å². The quantitative estimate of drug-likeness (QED) is 0.914. The van der Waals surface area contributed by atoms with E-state index in [-0.39, 0.29) is 18.1 Å². The van der Waals surface area contributed by atoms with Gasteiger partial charge in [-0.3, -0.25) is 4.79 Å². The highest BCUT2D eigenvalue weighted by Gasteiger charge is 2.29. The van der Waals surface area contributed by atoms with Gasteiger partial charge in [-0.2, -0.15) is 0 Å². The maximum Gasteiger partial charge on any atom is 0.249 e. The average molecular weight is 315 g/mol. The molecule has 1 aliphatic heterocycles. The molecule has 0 radical (unpaired) electrons. The fraction of sp³-hybridized carbons (Fsp3) is 0.412. The monoisotopic (exact) mass is 315 g/mol. The first-order valence-electron chi connectivity index (χ1n) is 7.73. The van der Waals surface area contributed by atoms with E-state index < -0.39 is 0 Å². The fourth-order valence-corrected chi connectivity index (χ4v) is 2.86. The molecule has 23 heavy (non-hydrogen) atoms. The number of nitrogens with one attached hydrogen (secondary N) is 1. The summed E-state index contributed by atoms with van der Waals surface area (Å²) >= 11 is 0. The smallest absolute Gasteiger partial charge is 0.249 e. The molecule has 1 aromatic carbocycles. The van der Waals surface area contributed by atoms with Gasteiger partial charge in [-0.1, -0.05) is 18.2 Å². The summed E-state index contributed by atoms with van der Waals surface area (Å²) in [6.45, 7) is 0.639. The minimum Gasteiger partial charge on any atom is -0.496 e. The zero-order valence-corrected chi connectivity index (χ0v) is 13.4. The van der Waals surface area contributed by atoms with Crippen molar-refractivity contribution in [3.63, 3.8) is 0 Å². The minimum atomic E-state index is -0.386. The molecule has 1 aliphatic rings. The van der Waals surface area contributed by atoms with E-state index in [1.54, 1.807) is 13.3 Å². The van der Waals surface area contributed by atoms with Gasteiger partial charge in [-0.25, -0.2) is 4.98 Å². The molecule has 6 nitrogen and oxygen atoms in total. The molecule has 2 heterocycles. The molecular weight excluding hydrogens is 294 g/mol. The number of para-hydroxylation sites is 1. The number of hydrogen-bond acceptors (Lipinski definition) is 4. The van der Waals surface area contributed by atoms with Crippen LogP contribution in [0.1, 0.15) is 30.3 Å². The number of imidazole rings is 1. The Morgan fingerprint density at radius 1 is 1.48 bits per heavy atom. The van der Waals surface area contributed by atoms with Crippen LogP contribution >= 0.6 is 0 Å². The number of carbonyl (C=O) groups excluding carboxylic acids is 1. The van der Waals surface area contributed by atoms with Crippen LogP contribution in [0.15, 0.2) is 36.7 Å². The summed E-state index contributed by atoms with van der Waals surface area (Å²) < 4.78 is 12.8. The summed E-state index contributed by atoms with van der Waals surface area (Å²) in [5, 5.41) is 3.07. The Bertz CT molecular complexity index is 677. The lowest BCUT2D eigenvalue weighted by Crippen LogP contribution is -2.38. The molecule has 1 amide bonds. The van der Waals surface area contributed by atoms with Crippen molar-refractivity contribution < 1.29 is 14.3 Å². The van der Waals surface area contributed by atoms with Crippen LogP contribution in [0.25, 0.3) is 0 Å². The molecule has 0 bridgehead atoms. The van der Waals surface area contributed by atoms with Crippen molar-refractivity contribution in [1.29, 1.82) is 0 Å². The van der Waals surface area contributed by atoms with E-state index >= 15 is 0 Å². The zero-order valence-electron chi connectivity index (χ0n) is 13.4. The number of hydrogen-bond donors (Lipinski definition) is 1. The van der Waals surface area contributed by atoms with Crippen molar-refractivity contribution in [2.45, 2.75) is 25.0 Å². The van der Waals surface area contributed by atoms with Gasteiger partial charge in [0.25, 0.3) is 0 Å². The van der Waals surface area contributed by atoms with Crippen molar-refractivity contribution in [2.24, 2.45) is 7.05 Å². The Labute approximate surface area is 135 Å². The van der Waals surface area contributed by atoms with Crippen molar-refractivity contribution in [3.05, 3.63) is 48.0 Å². The number of amides is 1. The Morgan fingerprint density at radius 3 is 2.96 bits per heavy atom. The number of rotatable bonds is 5. The van der Waals surface area contributed by atoms with Crippen LogP contribution in [-0.2, 0) is 16.6 Å². The highest BCUT2D eigenvalue weighted by molar-refractivity contribution is 5.81. The fourth-order valence-electron chi connectivity index (χ4n) is 2.86. The van der Waals surface area contributed by atoms with Crippen LogP contribution in [-0.4, -0.2) is 35.3 Å². The van der Waals surface area contributed by atoms with E-state index in [0.29, 0.717) is 12.4 Å². The number of nitrogens with zero attached hydrogens (tertiary/aromatic N) is 2. The second kappa shape index (κ2) is 6.83. The van der Waals surface area contributed by atoms with E-state index in [2.05, 4.69) is 10.3 Å². The second-order valence-electron chi connectivity index (χ2n) is 5.58. The molecule has 1 saturated heterocycles. The zero-order chi connectivity index (χ0) is 16.2. The van der Waals surface area contributed by atoms with Crippen molar-refractivity contribution in [3.8, 4) is 5.75 Å². The Hall–Kier alpha value is -2.34. The van der Waals surface area contributed by atoms with E-state index in [9.17, 15) is 4.79 Å².